The molecule has 1 heterocycles. The van der Waals surface area contributed by atoms with Crippen molar-refractivity contribution >= 4 is 10.1 Å². The van der Waals surface area contributed by atoms with Crippen LogP contribution in [0.1, 0.15) is 0 Å². The Bertz CT molecular complexity index is 360. The number of hydrogen-bond donors (Lipinski definition) is 2. The minimum Gasteiger partial charge on any atom is -0.277 e. The van der Waals surface area contributed by atoms with Crippen LogP contribution in [-0.4, -0.2) is 13.0 Å². The van der Waals surface area contributed by atoms with E-state index in [-0.39, 0.29) is 5.03 Å². The van der Waals surface area contributed by atoms with Crippen LogP contribution in [0.5, 0.6) is 0 Å². The lowest BCUT2D eigenvalue weighted by Gasteiger charge is -1.91. The molecule has 0 aliphatic carbocycles. The topological polar surface area (TPSA) is 84.3 Å². The van der Waals surface area contributed by atoms with Gasteiger partial charge in [-0.3, -0.25) is 4.55 Å². The van der Waals surface area contributed by atoms with Gasteiger partial charge in [-0.25, -0.2) is 5.84 Å². The molecule has 0 saturated carbocycles. The summed E-state index contributed by atoms with van der Waals surface area (Å²) in [6.45, 7) is 0. The van der Waals surface area contributed by atoms with Crippen LogP contribution in [0, 0.1) is 0 Å². The summed E-state index contributed by atoms with van der Waals surface area (Å²) < 4.78 is 30.4. The van der Waals surface area contributed by atoms with Gasteiger partial charge >= 0.3 is 15.1 Å². The zero-order valence-corrected chi connectivity index (χ0v) is 6.32. The summed E-state index contributed by atoms with van der Waals surface area (Å²) in [6, 6.07) is 4.22. The normalized spacial score (nSPS) is 11.4. The number of aromatic nitrogens is 1. The van der Waals surface area contributed by atoms with Crippen LogP contribution in [-0.2, 0) is 10.1 Å². The fraction of sp³-hybridized carbons (Fsp3) is 0. The van der Waals surface area contributed by atoms with E-state index in [2.05, 4.69) is 0 Å². The summed E-state index contributed by atoms with van der Waals surface area (Å²) >= 11 is 0. The second kappa shape index (κ2) is 2.48. The molecular weight excluding hydrogens is 168 g/mol. The molecule has 0 atom stereocenters. The summed E-state index contributed by atoms with van der Waals surface area (Å²) in [5.41, 5.74) is 0. The zero-order chi connectivity index (χ0) is 8.48. The molecule has 1 aromatic rings. The quantitative estimate of drug-likeness (QED) is 0.323. The van der Waals surface area contributed by atoms with Crippen LogP contribution in [0.3, 0.4) is 0 Å². The van der Waals surface area contributed by atoms with E-state index in [9.17, 15) is 8.42 Å². The van der Waals surface area contributed by atoms with Gasteiger partial charge in [0, 0.05) is 12.1 Å². The van der Waals surface area contributed by atoms with Crippen molar-refractivity contribution in [2.75, 3.05) is 5.84 Å². The molecule has 0 bridgehead atoms. The van der Waals surface area contributed by atoms with Crippen molar-refractivity contribution < 1.29 is 17.6 Å². The van der Waals surface area contributed by atoms with Crippen molar-refractivity contribution in [1.29, 1.82) is 0 Å². The lowest BCUT2D eigenvalue weighted by Crippen LogP contribution is -2.48. The summed E-state index contributed by atoms with van der Waals surface area (Å²) in [5.74, 6) is 5.18. The van der Waals surface area contributed by atoms with E-state index in [1.807, 2.05) is 0 Å². The number of nitrogens with zero attached hydrogens (tertiary/aromatic N) is 1. The van der Waals surface area contributed by atoms with Crippen molar-refractivity contribution in [1.82, 2.24) is 0 Å². The summed E-state index contributed by atoms with van der Waals surface area (Å²) in [7, 11) is -4.20. The van der Waals surface area contributed by atoms with Crippen LogP contribution in [0.4, 0.5) is 0 Å². The van der Waals surface area contributed by atoms with E-state index in [1.54, 1.807) is 6.07 Å². The average Bonchev–Trinajstić information content (AvgIpc) is 1.86. The molecule has 0 amide bonds. The SMILES string of the molecule is N[n+]1ccccc1S(=O)(=O)O. The largest absolute Gasteiger partial charge is 0.358 e. The molecule has 60 valence electrons. The van der Waals surface area contributed by atoms with E-state index in [0.717, 1.165) is 4.68 Å². The van der Waals surface area contributed by atoms with Crippen molar-refractivity contribution in [2.45, 2.75) is 5.03 Å². The molecular formula is C5H7N2O3S+. The molecule has 0 saturated heterocycles. The maximum absolute atomic E-state index is 10.5. The summed E-state index contributed by atoms with van der Waals surface area (Å²) in [5, 5.41) is -0.333. The smallest absolute Gasteiger partial charge is 0.277 e. The lowest BCUT2D eigenvalue weighted by atomic mass is 10.5. The monoisotopic (exact) mass is 175 g/mol. The van der Waals surface area contributed by atoms with Crippen LogP contribution in [0.2, 0.25) is 0 Å². The molecule has 1 aromatic heterocycles. The first kappa shape index (κ1) is 7.96. The molecule has 0 fully saturated rings. The highest BCUT2D eigenvalue weighted by Gasteiger charge is 2.20. The highest BCUT2D eigenvalue weighted by molar-refractivity contribution is 7.85. The predicted molar refractivity (Wildman–Crippen MR) is 36.6 cm³/mol. The second-order valence-corrected chi connectivity index (χ2v) is 3.29. The standard InChI is InChI=1S/C5H6N2O3S/c6-7-4-2-1-3-5(7)11(8,9)10/h1-4H,6H2/p+1. The van der Waals surface area contributed by atoms with Gasteiger partial charge in [0.05, 0.1) is 0 Å². The molecule has 0 aromatic carbocycles. The fourth-order valence-corrected chi connectivity index (χ4v) is 1.24. The first-order chi connectivity index (χ1) is 5.02. The van der Waals surface area contributed by atoms with Crippen LogP contribution >= 0.6 is 0 Å². The van der Waals surface area contributed by atoms with Gasteiger partial charge in [0.1, 0.15) is 0 Å². The number of hydrogen-bond acceptors (Lipinski definition) is 3. The van der Waals surface area contributed by atoms with E-state index in [0.29, 0.717) is 0 Å². The van der Waals surface area contributed by atoms with Crippen molar-refractivity contribution in [3.05, 3.63) is 24.4 Å². The van der Waals surface area contributed by atoms with Gasteiger partial charge in [0.15, 0.2) is 0 Å². The molecule has 0 spiro atoms. The van der Waals surface area contributed by atoms with Crippen LogP contribution < -0.4 is 10.5 Å². The second-order valence-electron chi connectivity index (χ2n) is 1.92. The fourth-order valence-electron chi connectivity index (χ4n) is 0.659. The molecule has 6 heteroatoms. The number of rotatable bonds is 1. The number of pyridine rings is 1. The predicted octanol–water partition coefficient (Wildman–Crippen LogP) is -1.07. The Hall–Kier alpha value is -1.14. The minimum atomic E-state index is -4.20. The molecule has 0 aliphatic rings. The van der Waals surface area contributed by atoms with Crippen molar-refractivity contribution in [3.63, 3.8) is 0 Å². The van der Waals surface area contributed by atoms with Crippen molar-refractivity contribution in [2.24, 2.45) is 0 Å². The molecule has 0 radical (unpaired) electrons. The van der Waals surface area contributed by atoms with E-state index in [4.69, 9.17) is 10.4 Å². The Morgan fingerprint density at radius 2 is 2.09 bits per heavy atom. The van der Waals surface area contributed by atoms with E-state index in [1.165, 1.54) is 18.3 Å². The third-order valence-corrected chi connectivity index (χ3v) is 1.99. The first-order valence-electron chi connectivity index (χ1n) is 2.75. The van der Waals surface area contributed by atoms with Gasteiger partial charge in [-0.15, -0.1) is 0 Å². The minimum absolute atomic E-state index is 0.333. The highest BCUT2D eigenvalue weighted by atomic mass is 32.2. The van der Waals surface area contributed by atoms with Crippen LogP contribution in [0.25, 0.3) is 0 Å². The molecule has 0 aliphatic heterocycles. The third-order valence-electron chi connectivity index (χ3n) is 1.12. The molecule has 11 heavy (non-hydrogen) atoms. The van der Waals surface area contributed by atoms with Crippen molar-refractivity contribution in [3.8, 4) is 0 Å². The molecule has 1 rings (SSSR count). The zero-order valence-electron chi connectivity index (χ0n) is 5.51. The summed E-state index contributed by atoms with van der Waals surface area (Å²) in [6.07, 6.45) is 1.32. The Balaban J connectivity index is 3.37. The first-order valence-corrected chi connectivity index (χ1v) is 4.19. The van der Waals surface area contributed by atoms with Gasteiger partial charge in [-0.2, -0.15) is 8.42 Å². The van der Waals surface area contributed by atoms with Gasteiger partial charge in [-0.05, 0) is 6.07 Å². The summed E-state index contributed by atoms with van der Waals surface area (Å²) in [4.78, 5) is 0. The number of nitrogen functional groups attached to an aromatic ring is 1. The Morgan fingerprint density at radius 3 is 2.45 bits per heavy atom. The number of nitrogens with two attached hydrogens (primary N) is 1. The van der Waals surface area contributed by atoms with Gasteiger partial charge in [0.25, 0.3) is 0 Å². The maximum atomic E-state index is 10.5. The van der Waals surface area contributed by atoms with Gasteiger partial charge in [-0.1, -0.05) is 4.68 Å². The highest BCUT2D eigenvalue weighted by Crippen LogP contribution is 1.97. The van der Waals surface area contributed by atoms with Crippen LogP contribution in [0.15, 0.2) is 29.4 Å². The van der Waals surface area contributed by atoms with Gasteiger partial charge < -0.3 is 0 Å². The Labute approximate surface area is 63.8 Å². The molecule has 0 unspecified atom stereocenters. The third kappa shape index (κ3) is 1.66. The Morgan fingerprint density at radius 1 is 1.45 bits per heavy atom. The van der Waals surface area contributed by atoms with E-state index < -0.39 is 10.1 Å². The van der Waals surface area contributed by atoms with Gasteiger partial charge in [0.2, 0.25) is 6.20 Å². The molecule has 3 N–H and O–H groups in total. The lowest BCUT2D eigenvalue weighted by molar-refractivity contribution is -0.679. The maximum Gasteiger partial charge on any atom is 0.358 e. The Kier molecular flexibility index (Phi) is 1.79. The molecule has 5 nitrogen and oxygen atoms in total. The average molecular weight is 175 g/mol. The van der Waals surface area contributed by atoms with E-state index >= 15 is 0 Å².